The number of fused-ring (bicyclic) bond motifs is 3. The molecule has 0 bridgehead atoms. The van der Waals surface area contributed by atoms with E-state index in [0.717, 1.165) is 49.8 Å². The highest BCUT2D eigenvalue weighted by Gasteiger charge is 2.33. The van der Waals surface area contributed by atoms with Crippen molar-refractivity contribution in [2.24, 2.45) is 0 Å². The van der Waals surface area contributed by atoms with Gasteiger partial charge in [-0.1, -0.05) is 26.0 Å². The average molecular weight is 427 g/mol. The summed E-state index contributed by atoms with van der Waals surface area (Å²) < 4.78 is 18.7. The van der Waals surface area contributed by atoms with Crippen LogP contribution in [0, 0.1) is 5.82 Å². The van der Waals surface area contributed by atoms with Gasteiger partial charge in [-0.2, -0.15) is 0 Å². The minimum atomic E-state index is -0.972. The van der Waals surface area contributed by atoms with Crippen LogP contribution in [0.2, 0.25) is 0 Å². The van der Waals surface area contributed by atoms with E-state index in [4.69, 9.17) is 0 Å². The fraction of sp³-hybridized carbons (Fsp3) is 0.192. The number of halogens is 1. The molecule has 4 heterocycles. The van der Waals surface area contributed by atoms with E-state index < -0.39 is 5.97 Å². The molecule has 0 atom stereocenters. The fourth-order valence-corrected chi connectivity index (χ4v) is 5.40. The number of carboxylic acids is 1. The van der Waals surface area contributed by atoms with E-state index in [9.17, 15) is 14.3 Å². The molecule has 5 nitrogen and oxygen atoms in total. The van der Waals surface area contributed by atoms with Crippen molar-refractivity contribution in [3.05, 3.63) is 71.9 Å². The van der Waals surface area contributed by atoms with Crippen molar-refractivity contribution < 1.29 is 14.3 Å². The zero-order chi connectivity index (χ0) is 22.1. The predicted octanol–water partition coefficient (Wildman–Crippen LogP) is 6.23. The van der Waals surface area contributed by atoms with Gasteiger partial charge in [0.15, 0.2) is 0 Å². The molecular formula is C26H22FN3O2. The molecule has 32 heavy (non-hydrogen) atoms. The average Bonchev–Trinajstić information content (AvgIpc) is 3.44. The molecule has 1 aliphatic heterocycles. The van der Waals surface area contributed by atoms with Gasteiger partial charge in [-0.3, -0.25) is 0 Å². The van der Waals surface area contributed by atoms with E-state index in [-0.39, 0.29) is 17.4 Å². The SMILES string of the molecule is CC(C)c1c(-c2cccc3[nH]ccc23)c(C(=O)O)n2c1-c1cc(F)cc3ccn(c13)CC2. The van der Waals surface area contributed by atoms with Gasteiger partial charge in [0.05, 0.1) is 11.2 Å². The van der Waals surface area contributed by atoms with Crippen LogP contribution in [-0.4, -0.2) is 25.2 Å². The lowest BCUT2D eigenvalue weighted by Crippen LogP contribution is -2.12. The zero-order valence-electron chi connectivity index (χ0n) is 17.8. The monoisotopic (exact) mass is 427 g/mol. The van der Waals surface area contributed by atoms with Gasteiger partial charge in [0.25, 0.3) is 0 Å². The molecule has 0 saturated heterocycles. The molecule has 0 aliphatic carbocycles. The van der Waals surface area contributed by atoms with Crippen LogP contribution in [0.1, 0.15) is 35.8 Å². The maximum absolute atomic E-state index is 14.7. The van der Waals surface area contributed by atoms with Gasteiger partial charge in [-0.05, 0) is 47.4 Å². The second-order valence-corrected chi connectivity index (χ2v) is 8.74. The van der Waals surface area contributed by atoms with Gasteiger partial charge in [-0.15, -0.1) is 0 Å². The molecule has 2 aromatic carbocycles. The molecule has 0 amide bonds. The minimum absolute atomic E-state index is 0.0355. The number of hydrogen-bond acceptors (Lipinski definition) is 1. The smallest absolute Gasteiger partial charge is 0.353 e. The third-order valence-electron chi connectivity index (χ3n) is 6.59. The van der Waals surface area contributed by atoms with Gasteiger partial charge in [0.1, 0.15) is 11.5 Å². The molecule has 3 aromatic heterocycles. The highest BCUT2D eigenvalue weighted by molar-refractivity contribution is 6.07. The van der Waals surface area contributed by atoms with Crippen molar-refractivity contribution in [3.63, 3.8) is 0 Å². The highest BCUT2D eigenvalue weighted by Crippen LogP contribution is 2.47. The van der Waals surface area contributed by atoms with Crippen molar-refractivity contribution in [2.75, 3.05) is 0 Å². The topological polar surface area (TPSA) is 63.0 Å². The van der Waals surface area contributed by atoms with Crippen LogP contribution in [0.5, 0.6) is 0 Å². The highest BCUT2D eigenvalue weighted by atomic mass is 19.1. The van der Waals surface area contributed by atoms with E-state index in [1.165, 1.54) is 0 Å². The fourth-order valence-electron chi connectivity index (χ4n) is 5.40. The van der Waals surface area contributed by atoms with E-state index in [1.54, 1.807) is 12.1 Å². The Kier molecular flexibility index (Phi) is 3.90. The lowest BCUT2D eigenvalue weighted by Gasteiger charge is -2.14. The Morgan fingerprint density at radius 3 is 2.75 bits per heavy atom. The van der Waals surface area contributed by atoms with Gasteiger partial charge in [0, 0.05) is 52.9 Å². The number of hydrogen-bond donors (Lipinski definition) is 2. The number of benzene rings is 2. The molecule has 6 rings (SSSR count). The van der Waals surface area contributed by atoms with Crippen LogP contribution in [0.25, 0.3) is 44.2 Å². The van der Waals surface area contributed by atoms with Crippen LogP contribution in [-0.2, 0) is 13.1 Å². The first-order chi connectivity index (χ1) is 15.5. The third kappa shape index (κ3) is 2.46. The van der Waals surface area contributed by atoms with Crippen LogP contribution in [0.15, 0.2) is 54.9 Å². The maximum atomic E-state index is 14.7. The minimum Gasteiger partial charge on any atom is -0.477 e. The lowest BCUT2D eigenvalue weighted by molar-refractivity contribution is 0.0686. The van der Waals surface area contributed by atoms with Crippen molar-refractivity contribution in [2.45, 2.75) is 32.9 Å². The summed E-state index contributed by atoms with van der Waals surface area (Å²) in [6.45, 7) is 5.27. The van der Waals surface area contributed by atoms with Crippen LogP contribution in [0.3, 0.4) is 0 Å². The summed E-state index contributed by atoms with van der Waals surface area (Å²) >= 11 is 0. The van der Waals surface area contributed by atoms with Crippen molar-refractivity contribution in [1.29, 1.82) is 0 Å². The first-order valence-corrected chi connectivity index (χ1v) is 10.8. The molecule has 6 heteroatoms. The summed E-state index contributed by atoms with van der Waals surface area (Å²) in [5.74, 6) is -1.26. The molecule has 0 fully saturated rings. The van der Waals surface area contributed by atoms with E-state index >= 15 is 0 Å². The molecule has 160 valence electrons. The number of nitrogens with zero attached hydrogens (tertiary/aromatic N) is 2. The summed E-state index contributed by atoms with van der Waals surface area (Å²) in [5.41, 5.74) is 6.28. The quantitative estimate of drug-likeness (QED) is 0.358. The first kappa shape index (κ1) is 18.9. The number of aromatic amines is 1. The lowest BCUT2D eigenvalue weighted by atomic mass is 9.89. The van der Waals surface area contributed by atoms with E-state index in [0.29, 0.717) is 13.1 Å². The second-order valence-electron chi connectivity index (χ2n) is 8.74. The number of H-pyrrole nitrogens is 1. The third-order valence-corrected chi connectivity index (χ3v) is 6.59. The van der Waals surface area contributed by atoms with E-state index in [2.05, 4.69) is 23.4 Å². The van der Waals surface area contributed by atoms with Gasteiger partial charge in [0.2, 0.25) is 0 Å². The van der Waals surface area contributed by atoms with Crippen molar-refractivity contribution in [3.8, 4) is 22.4 Å². The van der Waals surface area contributed by atoms with Crippen LogP contribution < -0.4 is 0 Å². The van der Waals surface area contributed by atoms with Crippen LogP contribution >= 0.6 is 0 Å². The molecule has 2 N–H and O–H groups in total. The van der Waals surface area contributed by atoms with E-state index in [1.807, 2.05) is 47.3 Å². The Morgan fingerprint density at radius 1 is 1.12 bits per heavy atom. The predicted molar refractivity (Wildman–Crippen MR) is 124 cm³/mol. The number of carbonyl (C=O) groups is 1. The molecular weight excluding hydrogens is 405 g/mol. The normalized spacial score (nSPS) is 13.1. The van der Waals surface area contributed by atoms with Crippen molar-refractivity contribution in [1.82, 2.24) is 14.1 Å². The number of aromatic nitrogens is 3. The Morgan fingerprint density at radius 2 is 1.97 bits per heavy atom. The summed E-state index contributed by atoms with van der Waals surface area (Å²) in [6, 6.07) is 12.9. The standard InChI is InChI=1S/C26H22FN3O2/c1-14(2)21-22(18-4-3-5-20-17(18)6-8-28-20)25(26(31)32)30-11-10-29-9-7-15-12-16(27)13-19(23(15)29)24(21)30/h3-9,12-14,28H,10-11H2,1-2H3,(H,31,32). The summed E-state index contributed by atoms with van der Waals surface area (Å²) in [6.07, 6.45) is 3.82. The maximum Gasteiger partial charge on any atom is 0.353 e. The number of nitrogens with one attached hydrogen (secondary N) is 1. The molecule has 0 radical (unpaired) electrons. The zero-order valence-corrected chi connectivity index (χ0v) is 17.8. The van der Waals surface area contributed by atoms with Gasteiger partial charge < -0.3 is 19.2 Å². The number of carboxylic acid groups (broad SMARTS) is 1. The molecule has 0 spiro atoms. The largest absolute Gasteiger partial charge is 0.477 e. The Balaban J connectivity index is 1.82. The Hall–Kier alpha value is -3.80. The second kappa shape index (κ2) is 6.60. The summed E-state index contributed by atoms with van der Waals surface area (Å²) in [5, 5.41) is 12.2. The molecule has 5 aromatic rings. The molecule has 1 aliphatic rings. The first-order valence-electron chi connectivity index (χ1n) is 10.8. The van der Waals surface area contributed by atoms with Gasteiger partial charge >= 0.3 is 5.97 Å². The van der Waals surface area contributed by atoms with Crippen LogP contribution in [0.4, 0.5) is 4.39 Å². The Bertz CT molecular complexity index is 1550. The summed E-state index contributed by atoms with van der Waals surface area (Å²) in [4.78, 5) is 15.9. The number of rotatable bonds is 3. The van der Waals surface area contributed by atoms with Crippen molar-refractivity contribution >= 4 is 27.8 Å². The Labute approximate surface area is 183 Å². The van der Waals surface area contributed by atoms with Gasteiger partial charge in [-0.25, -0.2) is 9.18 Å². The molecule has 0 unspecified atom stereocenters. The summed E-state index contributed by atoms with van der Waals surface area (Å²) in [7, 11) is 0. The number of aryl methyl sites for hydroxylation is 1. The number of aromatic carboxylic acids is 1. The molecule has 0 saturated carbocycles.